The third-order valence-corrected chi connectivity index (χ3v) is 3.40. The van der Waals surface area contributed by atoms with Crippen molar-refractivity contribution in [3.05, 3.63) is 15.6 Å². The minimum atomic E-state index is -1.07. The first-order valence-corrected chi connectivity index (χ1v) is 6.24. The summed E-state index contributed by atoms with van der Waals surface area (Å²) in [7, 11) is 1.48. The summed E-state index contributed by atoms with van der Waals surface area (Å²) in [6, 6.07) is -0.945. The number of rotatable bonds is 6. The van der Waals surface area contributed by atoms with Crippen molar-refractivity contribution in [2.24, 2.45) is 0 Å². The molecule has 0 spiro atoms. The Bertz CT molecular complexity index is 444. The quantitative estimate of drug-likeness (QED) is 0.806. The van der Waals surface area contributed by atoms with Crippen molar-refractivity contribution in [1.29, 1.82) is 0 Å². The summed E-state index contributed by atoms with van der Waals surface area (Å²) in [4.78, 5) is 27.5. The Balaban J connectivity index is 2.72. The highest BCUT2D eigenvalue weighted by Gasteiger charge is 2.22. The molecule has 1 aromatic heterocycles. The number of carboxylic acid groups (broad SMARTS) is 1. The van der Waals surface area contributed by atoms with E-state index in [1.54, 1.807) is 13.8 Å². The maximum Gasteiger partial charge on any atom is 0.326 e. The number of ether oxygens (including phenoxy) is 1. The van der Waals surface area contributed by atoms with Gasteiger partial charge in [-0.05, 0) is 13.8 Å². The van der Waals surface area contributed by atoms with Crippen LogP contribution < -0.4 is 5.32 Å². The minimum absolute atomic E-state index is 0.231. The van der Waals surface area contributed by atoms with Crippen molar-refractivity contribution in [3.63, 3.8) is 0 Å². The van der Waals surface area contributed by atoms with Crippen molar-refractivity contribution >= 4 is 23.2 Å². The third kappa shape index (κ3) is 3.78. The molecule has 18 heavy (non-hydrogen) atoms. The third-order valence-electron chi connectivity index (χ3n) is 2.32. The molecule has 0 bridgehead atoms. The van der Waals surface area contributed by atoms with E-state index in [1.807, 2.05) is 0 Å². The van der Waals surface area contributed by atoms with E-state index in [4.69, 9.17) is 9.84 Å². The standard InChI is InChI=1S/C11H16N2O4S/c1-6-9(18-7(2)12-6)10(14)13-8(11(15)16)4-5-17-3/h8H,4-5H2,1-3H3,(H,13,14)(H,15,16). The predicted molar refractivity (Wildman–Crippen MR) is 67.0 cm³/mol. The van der Waals surface area contributed by atoms with Crippen molar-refractivity contribution < 1.29 is 19.4 Å². The number of nitrogens with zero attached hydrogens (tertiary/aromatic N) is 1. The average Bonchev–Trinajstić information content (AvgIpc) is 2.63. The van der Waals surface area contributed by atoms with Crippen LogP contribution in [-0.2, 0) is 9.53 Å². The Kier molecular flexibility index (Phi) is 5.24. The molecule has 1 heterocycles. The van der Waals surface area contributed by atoms with Crippen LogP contribution in [0.2, 0.25) is 0 Å². The van der Waals surface area contributed by atoms with Crippen LogP contribution in [0.3, 0.4) is 0 Å². The fourth-order valence-electron chi connectivity index (χ4n) is 1.46. The lowest BCUT2D eigenvalue weighted by Crippen LogP contribution is -2.41. The number of nitrogens with one attached hydrogen (secondary N) is 1. The molecule has 1 atom stereocenters. The lowest BCUT2D eigenvalue weighted by molar-refractivity contribution is -0.139. The molecule has 0 saturated carbocycles. The molecule has 0 aliphatic carbocycles. The van der Waals surface area contributed by atoms with Gasteiger partial charge < -0.3 is 15.2 Å². The Labute approximate surface area is 109 Å². The molecule has 0 radical (unpaired) electrons. The number of thiazole rings is 1. The van der Waals surface area contributed by atoms with Crippen LogP contribution in [0.1, 0.15) is 26.8 Å². The summed E-state index contributed by atoms with van der Waals surface area (Å²) in [6.45, 7) is 3.80. The topological polar surface area (TPSA) is 88.5 Å². The zero-order chi connectivity index (χ0) is 13.7. The summed E-state index contributed by atoms with van der Waals surface area (Å²) in [5.74, 6) is -1.47. The molecule has 6 nitrogen and oxygen atoms in total. The van der Waals surface area contributed by atoms with Gasteiger partial charge in [-0.3, -0.25) is 4.79 Å². The van der Waals surface area contributed by atoms with Crippen molar-refractivity contribution in [1.82, 2.24) is 10.3 Å². The van der Waals surface area contributed by atoms with Gasteiger partial charge in [-0.15, -0.1) is 11.3 Å². The fourth-order valence-corrected chi connectivity index (χ4v) is 2.28. The predicted octanol–water partition coefficient (Wildman–Crippen LogP) is 0.979. The molecule has 0 saturated heterocycles. The van der Waals surface area contributed by atoms with Crippen LogP contribution in [0.25, 0.3) is 0 Å². The van der Waals surface area contributed by atoms with E-state index in [-0.39, 0.29) is 13.0 Å². The normalized spacial score (nSPS) is 12.2. The summed E-state index contributed by atoms with van der Waals surface area (Å²) in [5.41, 5.74) is 0.617. The fraction of sp³-hybridized carbons (Fsp3) is 0.545. The van der Waals surface area contributed by atoms with Gasteiger partial charge in [0.2, 0.25) is 0 Å². The molecular formula is C11H16N2O4S. The van der Waals surface area contributed by atoms with Gasteiger partial charge >= 0.3 is 5.97 Å². The maximum atomic E-state index is 11.9. The molecular weight excluding hydrogens is 256 g/mol. The van der Waals surface area contributed by atoms with E-state index >= 15 is 0 Å². The van der Waals surface area contributed by atoms with E-state index in [2.05, 4.69) is 10.3 Å². The zero-order valence-electron chi connectivity index (χ0n) is 10.5. The highest BCUT2D eigenvalue weighted by molar-refractivity contribution is 7.13. The van der Waals surface area contributed by atoms with Gasteiger partial charge in [0.15, 0.2) is 0 Å². The van der Waals surface area contributed by atoms with Gasteiger partial charge in [-0.25, -0.2) is 9.78 Å². The van der Waals surface area contributed by atoms with Gasteiger partial charge in [0.05, 0.1) is 10.7 Å². The summed E-state index contributed by atoms with van der Waals surface area (Å²) in [5, 5.41) is 12.2. The molecule has 0 aliphatic heterocycles. The molecule has 1 aromatic rings. The van der Waals surface area contributed by atoms with E-state index in [9.17, 15) is 9.59 Å². The van der Waals surface area contributed by atoms with Crippen LogP contribution >= 0.6 is 11.3 Å². The number of aliphatic carboxylic acids is 1. The monoisotopic (exact) mass is 272 g/mol. The summed E-state index contributed by atoms with van der Waals surface area (Å²) in [6.07, 6.45) is 0.231. The lowest BCUT2D eigenvalue weighted by atomic mass is 10.2. The molecule has 0 aliphatic rings. The number of carbonyl (C=O) groups excluding carboxylic acids is 1. The van der Waals surface area contributed by atoms with E-state index in [0.717, 1.165) is 5.01 Å². The van der Waals surface area contributed by atoms with Crippen LogP contribution in [0.5, 0.6) is 0 Å². The molecule has 1 amide bonds. The largest absolute Gasteiger partial charge is 0.480 e. The van der Waals surface area contributed by atoms with E-state index in [1.165, 1.54) is 18.4 Å². The summed E-state index contributed by atoms with van der Waals surface area (Å²) >= 11 is 1.25. The first kappa shape index (κ1) is 14.6. The maximum absolute atomic E-state index is 11.9. The molecule has 2 N–H and O–H groups in total. The Hall–Kier alpha value is -1.47. The second-order valence-electron chi connectivity index (χ2n) is 3.79. The van der Waals surface area contributed by atoms with Gasteiger partial charge in [-0.1, -0.05) is 0 Å². The van der Waals surface area contributed by atoms with E-state index < -0.39 is 17.9 Å². The number of aryl methyl sites for hydroxylation is 2. The zero-order valence-corrected chi connectivity index (χ0v) is 11.3. The number of methoxy groups -OCH3 is 1. The SMILES string of the molecule is COCCC(NC(=O)c1sc(C)nc1C)C(=O)O. The molecule has 1 unspecified atom stereocenters. The number of carbonyl (C=O) groups is 2. The van der Waals surface area contributed by atoms with Gasteiger partial charge in [-0.2, -0.15) is 0 Å². The van der Waals surface area contributed by atoms with Crippen LogP contribution in [-0.4, -0.2) is 41.7 Å². The van der Waals surface area contributed by atoms with Crippen molar-refractivity contribution in [2.75, 3.05) is 13.7 Å². The van der Waals surface area contributed by atoms with Crippen LogP contribution in [0.15, 0.2) is 0 Å². The summed E-state index contributed by atoms with van der Waals surface area (Å²) < 4.78 is 4.81. The molecule has 100 valence electrons. The molecule has 0 fully saturated rings. The number of carboxylic acids is 1. The van der Waals surface area contributed by atoms with Crippen molar-refractivity contribution in [2.45, 2.75) is 26.3 Å². The second kappa shape index (κ2) is 6.46. The Morgan fingerprint density at radius 3 is 2.61 bits per heavy atom. The number of hydrogen-bond donors (Lipinski definition) is 2. The first-order chi connectivity index (χ1) is 8.45. The van der Waals surface area contributed by atoms with Crippen LogP contribution in [0.4, 0.5) is 0 Å². The van der Waals surface area contributed by atoms with Gasteiger partial charge in [0.1, 0.15) is 10.9 Å². The van der Waals surface area contributed by atoms with Crippen molar-refractivity contribution in [3.8, 4) is 0 Å². The smallest absolute Gasteiger partial charge is 0.326 e. The first-order valence-electron chi connectivity index (χ1n) is 5.42. The molecule has 0 aromatic carbocycles. The Morgan fingerprint density at radius 1 is 1.50 bits per heavy atom. The number of hydrogen-bond acceptors (Lipinski definition) is 5. The lowest BCUT2D eigenvalue weighted by Gasteiger charge is -2.13. The number of aromatic nitrogens is 1. The minimum Gasteiger partial charge on any atom is -0.480 e. The average molecular weight is 272 g/mol. The second-order valence-corrected chi connectivity index (χ2v) is 5.00. The Morgan fingerprint density at radius 2 is 2.17 bits per heavy atom. The van der Waals surface area contributed by atoms with Gasteiger partial charge in [0, 0.05) is 20.1 Å². The number of amides is 1. The molecule has 7 heteroatoms. The molecule has 1 rings (SSSR count). The van der Waals surface area contributed by atoms with Gasteiger partial charge in [0.25, 0.3) is 5.91 Å². The highest BCUT2D eigenvalue weighted by Crippen LogP contribution is 2.17. The van der Waals surface area contributed by atoms with Crippen LogP contribution in [0, 0.1) is 13.8 Å². The highest BCUT2D eigenvalue weighted by atomic mass is 32.1. The van der Waals surface area contributed by atoms with E-state index in [0.29, 0.717) is 10.6 Å².